The second kappa shape index (κ2) is 9.90. The van der Waals surface area contributed by atoms with Gasteiger partial charge in [-0.2, -0.15) is 0 Å². The zero-order valence-corrected chi connectivity index (χ0v) is 20.8. The van der Waals surface area contributed by atoms with Crippen LogP contribution in [-0.2, 0) is 4.79 Å². The molecule has 0 aliphatic carbocycles. The van der Waals surface area contributed by atoms with E-state index in [2.05, 4.69) is 36.1 Å². The Hall–Kier alpha value is -4.06. The molecule has 1 fully saturated rings. The van der Waals surface area contributed by atoms with Crippen LogP contribution in [0.1, 0.15) is 18.1 Å². The van der Waals surface area contributed by atoms with Crippen LogP contribution in [0.25, 0.3) is 27.7 Å². The van der Waals surface area contributed by atoms with E-state index in [1.807, 2.05) is 24.0 Å². The number of amides is 1. The number of allylic oxidation sites excluding steroid dienone is 1. The molecule has 5 rings (SSSR count). The molecule has 6 heteroatoms. The van der Waals surface area contributed by atoms with Gasteiger partial charge in [-0.15, -0.1) is 0 Å². The van der Waals surface area contributed by atoms with Crippen molar-refractivity contribution in [3.8, 4) is 16.9 Å². The quantitative estimate of drug-likeness (QED) is 0.312. The summed E-state index contributed by atoms with van der Waals surface area (Å²) in [5.41, 5.74) is 6.45. The highest BCUT2D eigenvalue weighted by Crippen LogP contribution is 2.37. The number of rotatable bonds is 5. The number of fused-ring (bicyclic) bond motifs is 1. The van der Waals surface area contributed by atoms with Gasteiger partial charge in [0.2, 0.25) is 5.91 Å². The summed E-state index contributed by atoms with van der Waals surface area (Å²) in [6.07, 6.45) is 3.35. The molecule has 1 aliphatic rings. The smallest absolute Gasteiger partial charge is 0.246 e. The number of methoxy groups -OCH3 is 1. The maximum Gasteiger partial charge on any atom is 0.246 e. The van der Waals surface area contributed by atoms with Crippen LogP contribution in [0.2, 0.25) is 0 Å². The second-order valence-corrected chi connectivity index (χ2v) is 9.18. The van der Waals surface area contributed by atoms with Gasteiger partial charge in [0.15, 0.2) is 0 Å². The summed E-state index contributed by atoms with van der Waals surface area (Å²) in [4.78, 5) is 17.4. The fraction of sp³-hybridized carbons (Fsp3) is 0.233. The van der Waals surface area contributed by atoms with Gasteiger partial charge in [0.05, 0.1) is 13.4 Å². The Morgan fingerprint density at radius 2 is 1.78 bits per heavy atom. The maximum atomic E-state index is 13.4. The number of aryl methyl sites for hydroxylation is 1. The Bertz CT molecular complexity index is 1430. The fourth-order valence-corrected chi connectivity index (χ4v) is 4.75. The van der Waals surface area contributed by atoms with Crippen LogP contribution < -0.4 is 9.64 Å². The lowest BCUT2D eigenvalue weighted by atomic mass is 9.99. The van der Waals surface area contributed by atoms with Crippen molar-refractivity contribution >= 4 is 28.1 Å². The average Bonchev–Trinajstić information content (AvgIpc) is 3.31. The Balaban J connectivity index is 1.37. The third-order valence-corrected chi connectivity index (χ3v) is 6.77. The first kappa shape index (κ1) is 23.7. The van der Waals surface area contributed by atoms with Crippen molar-refractivity contribution in [2.75, 3.05) is 38.2 Å². The van der Waals surface area contributed by atoms with E-state index >= 15 is 0 Å². The molecule has 2 heterocycles. The van der Waals surface area contributed by atoms with E-state index in [-0.39, 0.29) is 11.7 Å². The summed E-state index contributed by atoms with van der Waals surface area (Å²) in [7, 11) is 1.61. The number of carbonyl (C=O) groups is 1. The number of hydrogen-bond acceptors (Lipinski definition) is 4. The Kier molecular flexibility index (Phi) is 6.51. The Morgan fingerprint density at radius 1 is 1.03 bits per heavy atom. The highest BCUT2D eigenvalue weighted by Gasteiger charge is 2.21. The van der Waals surface area contributed by atoms with Crippen LogP contribution in [-0.4, -0.2) is 44.1 Å². The molecule has 0 unspecified atom stereocenters. The van der Waals surface area contributed by atoms with Crippen molar-refractivity contribution in [2.45, 2.75) is 13.8 Å². The normalized spacial score (nSPS) is 14.4. The molecule has 1 aliphatic heterocycles. The molecule has 0 N–H and O–H groups in total. The van der Waals surface area contributed by atoms with E-state index in [1.54, 1.807) is 31.6 Å². The van der Waals surface area contributed by atoms with Gasteiger partial charge in [0, 0.05) is 60.5 Å². The van der Waals surface area contributed by atoms with E-state index in [9.17, 15) is 9.18 Å². The average molecular weight is 485 g/mol. The number of halogens is 1. The van der Waals surface area contributed by atoms with Gasteiger partial charge in [-0.1, -0.05) is 24.3 Å². The number of piperazine rings is 1. The number of ether oxygens (including phenoxy) is 1. The largest absolute Gasteiger partial charge is 0.496 e. The van der Waals surface area contributed by atoms with E-state index in [0.29, 0.717) is 24.4 Å². The molecule has 1 saturated heterocycles. The highest BCUT2D eigenvalue weighted by molar-refractivity contribution is 6.00. The lowest BCUT2D eigenvalue weighted by molar-refractivity contribution is -0.126. The zero-order chi connectivity index (χ0) is 25.2. The number of nitrogens with zero attached hydrogens (tertiary/aromatic N) is 2. The highest BCUT2D eigenvalue weighted by atomic mass is 19.1. The van der Waals surface area contributed by atoms with Crippen LogP contribution in [0, 0.1) is 12.7 Å². The predicted molar refractivity (Wildman–Crippen MR) is 142 cm³/mol. The fourth-order valence-electron chi connectivity index (χ4n) is 4.75. The Morgan fingerprint density at radius 3 is 2.47 bits per heavy atom. The van der Waals surface area contributed by atoms with Crippen LogP contribution in [0.5, 0.6) is 5.75 Å². The minimum absolute atomic E-state index is 0.00973. The van der Waals surface area contributed by atoms with Crippen molar-refractivity contribution in [2.24, 2.45) is 0 Å². The summed E-state index contributed by atoms with van der Waals surface area (Å²) in [5.74, 6) is 0.337. The molecule has 1 aromatic heterocycles. The minimum atomic E-state index is -0.286. The topological polar surface area (TPSA) is 45.9 Å². The van der Waals surface area contributed by atoms with E-state index in [4.69, 9.17) is 9.15 Å². The summed E-state index contributed by atoms with van der Waals surface area (Å²) < 4.78 is 24.8. The van der Waals surface area contributed by atoms with Crippen molar-refractivity contribution in [3.05, 3.63) is 89.9 Å². The lowest BCUT2D eigenvalue weighted by Gasteiger charge is -2.36. The van der Waals surface area contributed by atoms with Gasteiger partial charge in [-0.3, -0.25) is 4.79 Å². The Labute approximate surface area is 210 Å². The third-order valence-electron chi connectivity index (χ3n) is 6.77. The van der Waals surface area contributed by atoms with Crippen molar-refractivity contribution in [3.63, 3.8) is 0 Å². The predicted octanol–water partition coefficient (Wildman–Crippen LogP) is 6.31. The first-order chi connectivity index (χ1) is 17.4. The lowest BCUT2D eigenvalue weighted by Crippen LogP contribution is -2.48. The molecule has 36 heavy (non-hydrogen) atoms. The molecule has 4 aromatic rings. The maximum absolute atomic E-state index is 13.4. The first-order valence-corrected chi connectivity index (χ1v) is 12.1. The third kappa shape index (κ3) is 4.71. The molecule has 0 atom stereocenters. The minimum Gasteiger partial charge on any atom is -0.496 e. The van der Waals surface area contributed by atoms with Crippen molar-refractivity contribution in [1.82, 2.24) is 4.90 Å². The first-order valence-electron chi connectivity index (χ1n) is 12.1. The van der Waals surface area contributed by atoms with Gasteiger partial charge < -0.3 is 19.0 Å². The van der Waals surface area contributed by atoms with Crippen molar-refractivity contribution < 1.29 is 18.3 Å². The molecule has 0 radical (unpaired) electrons. The van der Waals surface area contributed by atoms with E-state index in [1.165, 1.54) is 23.4 Å². The number of anilines is 1. The van der Waals surface area contributed by atoms with Gasteiger partial charge in [-0.05, 0) is 60.9 Å². The SMILES string of the molecule is COc1cc2occ(-c3ccc(F)cc3)c2cc1/C(C)=C/C(=O)N1CCN(c2cccc(C)c2)CC1. The van der Waals surface area contributed by atoms with Crippen LogP contribution >= 0.6 is 0 Å². The molecular weight excluding hydrogens is 455 g/mol. The van der Waals surface area contributed by atoms with Crippen LogP contribution in [0.15, 0.2) is 77.4 Å². The summed E-state index contributed by atoms with van der Waals surface area (Å²) in [6, 6.07) is 18.6. The van der Waals surface area contributed by atoms with Gasteiger partial charge in [0.25, 0.3) is 0 Å². The number of carbonyl (C=O) groups excluding carboxylic acids is 1. The molecule has 0 saturated carbocycles. The summed E-state index contributed by atoms with van der Waals surface area (Å²) in [6.45, 7) is 6.95. The van der Waals surface area contributed by atoms with Crippen LogP contribution in [0.4, 0.5) is 10.1 Å². The van der Waals surface area contributed by atoms with Crippen molar-refractivity contribution in [1.29, 1.82) is 0 Å². The molecule has 5 nitrogen and oxygen atoms in total. The second-order valence-electron chi connectivity index (χ2n) is 9.18. The summed E-state index contributed by atoms with van der Waals surface area (Å²) >= 11 is 0. The molecule has 0 spiro atoms. The van der Waals surface area contributed by atoms with Gasteiger partial charge in [-0.25, -0.2) is 4.39 Å². The number of benzene rings is 3. The molecule has 3 aromatic carbocycles. The standard InChI is InChI=1S/C30H29FN2O3/c1-20-5-4-6-24(15-20)32-11-13-33(14-12-32)30(34)16-21(2)25-17-26-27(22-7-9-23(31)10-8-22)19-36-29(26)18-28(25)35-3/h4-10,15-19H,11-14H2,1-3H3/b21-16+. The number of furan rings is 1. The van der Waals surface area contributed by atoms with E-state index in [0.717, 1.165) is 40.7 Å². The zero-order valence-electron chi connectivity index (χ0n) is 20.8. The van der Waals surface area contributed by atoms with E-state index < -0.39 is 0 Å². The molecule has 184 valence electrons. The molecule has 0 bridgehead atoms. The van der Waals surface area contributed by atoms with Gasteiger partial charge >= 0.3 is 0 Å². The monoisotopic (exact) mass is 484 g/mol. The summed E-state index contributed by atoms with van der Waals surface area (Å²) in [5, 5.41) is 0.879. The van der Waals surface area contributed by atoms with Gasteiger partial charge in [0.1, 0.15) is 17.1 Å². The number of hydrogen-bond donors (Lipinski definition) is 0. The molecular formula is C30H29FN2O3. The molecule has 1 amide bonds. The van der Waals surface area contributed by atoms with Crippen LogP contribution in [0.3, 0.4) is 0 Å².